The summed E-state index contributed by atoms with van der Waals surface area (Å²) in [4.78, 5) is 10.8. The fourth-order valence-electron chi connectivity index (χ4n) is 0.806. The van der Waals surface area contributed by atoms with Crippen LogP contribution in [0.2, 0.25) is 0 Å². The topological polar surface area (TPSA) is 41.1 Å². The Labute approximate surface area is 67.3 Å². The summed E-state index contributed by atoms with van der Waals surface area (Å²) in [6.07, 6.45) is -4.31. The third-order valence-electron chi connectivity index (χ3n) is 1.62. The molecule has 1 aliphatic rings. The summed E-state index contributed by atoms with van der Waals surface area (Å²) >= 11 is 0. The predicted octanol–water partition coefficient (Wildman–Crippen LogP) is -0.116. The Balaban J connectivity index is 2.18. The van der Waals surface area contributed by atoms with Gasteiger partial charge in [-0.25, -0.2) is 0 Å². The quantitative estimate of drug-likeness (QED) is 0.625. The zero-order chi connectivity index (χ0) is 9.19. The van der Waals surface area contributed by atoms with E-state index >= 15 is 0 Å². The van der Waals surface area contributed by atoms with Crippen LogP contribution in [0.1, 0.15) is 0 Å². The molecule has 0 unspecified atom stereocenters. The van der Waals surface area contributed by atoms with Gasteiger partial charge >= 0.3 is 6.18 Å². The van der Waals surface area contributed by atoms with E-state index < -0.39 is 18.6 Å². The molecule has 1 fully saturated rings. The minimum Gasteiger partial charge on any atom is -0.347 e. The minimum atomic E-state index is -4.31. The van der Waals surface area contributed by atoms with Crippen LogP contribution in [0.25, 0.3) is 0 Å². The Hall–Kier alpha value is -0.780. The summed E-state index contributed by atoms with van der Waals surface area (Å²) in [5.41, 5.74) is 0. The predicted molar refractivity (Wildman–Crippen MR) is 35.4 cm³/mol. The third-order valence-corrected chi connectivity index (χ3v) is 1.62. The van der Waals surface area contributed by atoms with Crippen LogP contribution in [0, 0.1) is 5.92 Å². The Kier molecular flexibility index (Phi) is 2.56. The maximum atomic E-state index is 11.6. The molecule has 2 N–H and O–H groups in total. The second-order valence-corrected chi connectivity index (χ2v) is 2.69. The van der Waals surface area contributed by atoms with E-state index in [1.165, 1.54) is 0 Å². The van der Waals surface area contributed by atoms with Gasteiger partial charge < -0.3 is 10.6 Å². The number of hydrogen-bond donors (Lipinski definition) is 2. The van der Waals surface area contributed by atoms with Crippen molar-refractivity contribution in [2.24, 2.45) is 5.92 Å². The molecule has 0 saturated carbocycles. The number of amides is 1. The van der Waals surface area contributed by atoms with E-state index in [0.29, 0.717) is 13.1 Å². The molecule has 1 heterocycles. The lowest BCUT2D eigenvalue weighted by Gasteiger charge is -2.25. The van der Waals surface area contributed by atoms with Crippen molar-refractivity contribution >= 4 is 5.91 Å². The van der Waals surface area contributed by atoms with E-state index in [-0.39, 0.29) is 5.92 Å². The van der Waals surface area contributed by atoms with Crippen LogP contribution in [0.15, 0.2) is 0 Å². The first kappa shape index (κ1) is 9.31. The molecule has 1 saturated heterocycles. The molecule has 0 bridgehead atoms. The summed E-state index contributed by atoms with van der Waals surface area (Å²) in [5.74, 6) is -0.807. The largest absolute Gasteiger partial charge is 0.405 e. The van der Waals surface area contributed by atoms with E-state index in [9.17, 15) is 18.0 Å². The van der Waals surface area contributed by atoms with E-state index in [1.54, 1.807) is 0 Å². The number of carbonyl (C=O) groups is 1. The molecular formula is C6H9F3N2O. The molecule has 12 heavy (non-hydrogen) atoms. The maximum Gasteiger partial charge on any atom is 0.405 e. The molecule has 0 radical (unpaired) electrons. The normalized spacial score (nSPS) is 18.6. The summed E-state index contributed by atoms with van der Waals surface area (Å²) in [5, 5.41) is 4.62. The molecule has 1 aliphatic heterocycles. The highest BCUT2D eigenvalue weighted by molar-refractivity contribution is 5.80. The van der Waals surface area contributed by atoms with Gasteiger partial charge in [0.2, 0.25) is 5.91 Å². The molecule has 0 aromatic rings. The second kappa shape index (κ2) is 3.30. The number of alkyl halides is 3. The Morgan fingerprint density at radius 2 is 2.08 bits per heavy atom. The number of rotatable bonds is 2. The summed E-state index contributed by atoms with van der Waals surface area (Å²) < 4.78 is 34.7. The lowest BCUT2D eigenvalue weighted by Crippen LogP contribution is -2.52. The van der Waals surface area contributed by atoms with Crippen LogP contribution in [0.5, 0.6) is 0 Å². The van der Waals surface area contributed by atoms with Gasteiger partial charge in [-0.05, 0) is 0 Å². The molecule has 70 valence electrons. The van der Waals surface area contributed by atoms with Gasteiger partial charge in [0, 0.05) is 13.1 Å². The van der Waals surface area contributed by atoms with E-state index in [2.05, 4.69) is 5.32 Å². The van der Waals surface area contributed by atoms with Crippen LogP contribution in [0.4, 0.5) is 13.2 Å². The average molecular weight is 182 g/mol. The molecule has 0 spiro atoms. The highest BCUT2D eigenvalue weighted by Crippen LogP contribution is 2.13. The van der Waals surface area contributed by atoms with Crippen LogP contribution >= 0.6 is 0 Å². The van der Waals surface area contributed by atoms with Gasteiger partial charge in [-0.1, -0.05) is 0 Å². The van der Waals surface area contributed by atoms with Gasteiger partial charge in [-0.15, -0.1) is 0 Å². The van der Waals surface area contributed by atoms with Crippen molar-refractivity contribution < 1.29 is 18.0 Å². The molecular weight excluding hydrogens is 173 g/mol. The number of hydrogen-bond acceptors (Lipinski definition) is 2. The van der Waals surface area contributed by atoms with Crippen molar-refractivity contribution in [3.05, 3.63) is 0 Å². The Morgan fingerprint density at radius 3 is 2.42 bits per heavy atom. The highest BCUT2D eigenvalue weighted by Gasteiger charge is 2.31. The van der Waals surface area contributed by atoms with Gasteiger partial charge in [0.1, 0.15) is 6.54 Å². The maximum absolute atomic E-state index is 11.6. The van der Waals surface area contributed by atoms with Gasteiger partial charge in [0.05, 0.1) is 5.92 Å². The van der Waals surface area contributed by atoms with Crippen molar-refractivity contribution in [1.29, 1.82) is 0 Å². The fourth-order valence-corrected chi connectivity index (χ4v) is 0.806. The average Bonchev–Trinajstić information content (AvgIpc) is 1.78. The molecule has 0 atom stereocenters. The zero-order valence-corrected chi connectivity index (χ0v) is 6.24. The Bertz CT molecular complexity index is 176. The Morgan fingerprint density at radius 1 is 1.50 bits per heavy atom. The van der Waals surface area contributed by atoms with Gasteiger partial charge in [0.25, 0.3) is 0 Å². The zero-order valence-electron chi connectivity index (χ0n) is 6.24. The number of halogens is 3. The van der Waals surface area contributed by atoms with Crippen LogP contribution in [-0.4, -0.2) is 31.7 Å². The van der Waals surface area contributed by atoms with Gasteiger partial charge in [-0.2, -0.15) is 13.2 Å². The highest BCUT2D eigenvalue weighted by atomic mass is 19.4. The lowest BCUT2D eigenvalue weighted by molar-refractivity contribution is -0.141. The molecule has 1 amide bonds. The minimum absolute atomic E-state index is 0.285. The summed E-state index contributed by atoms with van der Waals surface area (Å²) in [6.45, 7) is -0.282. The molecule has 3 nitrogen and oxygen atoms in total. The smallest absolute Gasteiger partial charge is 0.347 e. The SMILES string of the molecule is O=C(NCC(F)(F)F)C1CNC1. The van der Waals surface area contributed by atoms with Crippen molar-refractivity contribution in [1.82, 2.24) is 10.6 Å². The third kappa shape index (κ3) is 2.69. The standard InChI is InChI=1S/C6H9F3N2O/c7-6(8,9)3-11-5(12)4-1-10-2-4/h4,10H,1-3H2,(H,11,12). The fraction of sp³-hybridized carbons (Fsp3) is 0.833. The van der Waals surface area contributed by atoms with E-state index in [4.69, 9.17) is 0 Å². The molecule has 1 rings (SSSR count). The summed E-state index contributed by atoms with van der Waals surface area (Å²) in [6, 6.07) is 0. The van der Waals surface area contributed by atoms with Crippen molar-refractivity contribution in [3.8, 4) is 0 Å². The summed E-state index contributed by atoms with van der Waals surface area (Å²) in [7, 11) is 0. The molecule has 6 heteroatoms. The van der Waals surface area contributed by atoms with Gasteiger partial charge in [-0.3, -0.25) is 4.79 Å². The second-order valence-electron chi connectivity index (χ2n) is 2.69. The molecule has 0 aromatic heterocycles. The van der Waals surface area contributed by atoms with Crippen LogP contribution < -0.4 is 10.6 Å². The first-order valence-corrected chi connectivity index (χ1v) is 3.54. The lowest BCUT2D eigenvalue weighted by atomic mass is 10.0. The molecule has 0 aromatic carbocycles. The van der Waals surface area contributed by atoms with Crippen molar-refractivity contribution in [2.75, 3.05) is 19.6 Å². The van der Waals surface area contributed by atoms with Gasteiger partial charge in [0.15, 0.2) is 0 Å². The van der Waals surface area contributed by atoms with E-state index in [1.807, 2.05) is 5.32 Å². The first-order chi connectivity index (χ1) is 5.49. The van der Waals surface area contributed by atoms with E-state index in [0.717, 1.165) is 0 Å². The van der Waals surface area contributed by atoms with Crippen LogP contribution in [-0.2, 0) is 4.79 Å². The van der Waals surface area contributed by atoms with Crippen molar-refractivity contribution in [3.63, 3.8) is 0 Å². The van der Waals surface area contributed by atoms with Crippen molar-refractivity contribution in [2.45, 2.75) is 6.18 Å². The molecule has 0 aliphatic carbocycles. The first-order valence-electron chi connectivity index (χ1n) is 3.54. The number of carbonyl (C=O) groups excluding carboxylic acids is 1. The monoisotopic (exact) mass is 182 g/mol. The number of nitrogens with one attached hydrogen (secondary N) is 2. The van der Waals surface area contributed by atoms with Crippen LogP contribution in [0.3, 0.4) is 0 Å².